The Bertz CT molecular complexity index is 711. The quantitative estimate of drug-likeness (QED) is 0.644. The lowest BCUT2D eigenvalue weighted by molar-refractivity contribution is 0.0695. The van der Waals surface area contributed by atoms with Gasteiger partial charge in [0, 0.05) is 4.47 Å². The zero-order valence-corrected chi connectivity index (χ0v) is 11.5. The van der Waals surface area contributed by atoms with E-state index in [0.29, 0.717) is 12.1 Å². The van der Waals surface area contributed by atoms with E-state index >= 15 is 0 Å². The van der Waals surface area contributed by atoms with Crippen molar-refractivity contribution >= 4 is 21.9 Å². The summed E-state index contributed by atoms with van der Waals surface area (Å²) in [6.45, 7) is 0. The van der Waals surface area contributed by atoms with Crippen molar-refractivity contribution in [3.8, 4) is 11.5 Å². The average molecular weight is 365 g/mol. The van der Waals surface area contributed by atoms with Crippen molar-refractivity contribution in [1.82, 2.24) is 0 Å². The number of carboxylic acids is 1. The summed E-state index contributed by atoms with van der Waals surface area (Å²) in [5.41, 5.74) is -0.641. The summed E-state index contributed by atoms with van der Waals surface area (Å²) >= 11 is 2.88. The predicted octanol–water partition coefficient (Wildman–Crippen LogP) is 4.50. The molecule has 0 heterocycles. The van der Waals surface area contributed by atoms with E-state index in [-0.39, 0.29) is 4.47 Å². The molecular formula is C13H5BrF4O3. The molecule has 0 bridgehead atoms. The largest absolute Gasteiger partial charge is 0.478 e. The highest BCUT2D eigenvalue weighted by molar-refractivity contribution is 9.10. The maximum Gasteiger partial charge on any atom is 0.335 e. The molecule has 0 atom stereocenters. The van der Waals surface area contributed by atoms with E-state index in [1.54, 1.807) is 0 Å². The maximum atomic E-state index is 13.6. The van der Waals surface area contributed by atoms with Gasteiger partial charge in [-0.1, -0.05) is 15.9 Å². The van der Waals surface area contributed by atoms with Crippen LogP contribution in [0.4, 0.5) is 17.6 Å². The van der Waals surface area contributed by atoms with E-state index in [1.807, 2.05) is 0 Å². The number of hydrogen-bond donors (Lipinski definition) is 1. The summed E-state index contributed by atoms with van der Waals surface area (Å²) in [4.78, 5) is 10.6. The topological polar surface area (TPSA) is 46.5 Å². The van der Waals surface area contributed by atoms with E-state index in [0.717, 1.165) is 12.1 Å². The average Bonchev–Trinajstić information content (AvgIpc) is 2.38. The first-order valence-electron chi connectivity index (χ1n) is 5.34. The molecule has 0 radical (unpaired) electrons. The molecule has 0 aliphatic rings. The van der Waals surface area contributed by atoms with Crippen LogP contribution in [-0.4, -0.2) is 11.1 Å². The van der Waals surface area contributed by atoms with E-state index < -0.39 is 46.3 Å². The summed E-state index contributed by atoms with van der Waals surface area (Å²) in [7, 11) is 0. The van der Waals surface area contributed by atoms with Crippen LogP contribution in [0.3, 0.4) is 0 Å². The van der Waals surface area contributed by atoms with Crippen molar-refractivity contribution in [3.63, 3.8) is 0 Å². The summed E-state index contributed by atoms with van der Waals surface area (Å²) in [5, 5.41) is 8.64. The third-order valence-electron chi connectivity index (χ3n) is 2.42. The Balaban J connectivity index is 2.48. The number of carbonyl (C=O) groups is 1. The maximum absolute atomic E-state index is 13.6. The second kappa shape index (κ2) is 5.72. The van der Waals surface area contributed by atoms with Crippen molar-refractivity contribution in [2.24, 2.45) is 0 Å². The molecule has 0 amide bonds. The lowest BCUT2D eigenvalue weighted by atomic mass is 10.2. The van der Waals surface area contributed by atoms with Crippen LogP contribution in [-0.2, 0) is 0 Å². The van der Waals surface area contributed by atoms with Crippen LogP contribution < -0.4 is 4.74 Å². The van der Waals surface area contributed by atoms with Gasteiger partial charge in [0.15, 0.2) is 29.0 Å². The number of hydrogen-bond acceptors (Lipinski definition) is 2. The van der Waals surface area contributed by atoms with Crippen molar-refractivity contribution < 1.29 is 32.2 Å². The van der Waals surface area contributed by atoms with Gasteiger partial charge in [0.25, 0.3) is 0 Å². The highest BCUT2D eigenvalue weighted by Crippen LogP contribution is 2.33. The molecule has 0 unspecified atom stereocenters. The van der Waals surface area contributed by atoms with Crippen molar-refractivity contribution in [3.05, 3.63) is 57.6 Å². The lowest BCUT2D eigenvalue weighted by Gasteiger charge is -2.10. The Morgan fingerprint density at radius 1 is 1.00 bits per heavy atom. The monoisotopic (exact) mass is 364 g/mol. The minimum absolute atomic E-state index is 0.0966. The minimum atomic E-state index is -1.54. The molecule has 0 aliphatic heterocycles. The molecule has 3 nitrogen and oxygen atoms in total. The first-order valence-corrected chi connectivity index (χ1v) is 6.13. The molecule has 0 aliphatic carbocycles. The van der Waals surface area contributed by atoms with Gasteiger partial charge in [-0.3, -0.25) is 0 Å². The first kappa shape index (κ1) is 15.3. The molecule has 0 spiro atoms. The van der Waals surface area contributed by atoms with Gasteiger partial charge in [-0.05, 0) is 24.3 Å². The van der Waals surface area contributed by atoms with Gasteiger partial charge in [-0.15, -0.1) is 0 Å². The fraction of sp³-hybridized carbons (Fsp3) is 0. The van der Waals surface area contributed by atoms with E-state index in [2.05, 4.69) is 20.7 Å². The normalized spacial score (nSPS) is 10.5. The Morgan fingerprint density at radius 2 is 1.57 bits per heavy atom. The molecule has 0 saturated heterocycles. The molecule has 0 aromatic heterocycles. The van der Waals surface area contributed by atoms with E-state index in [9.17, 15) is 22.4 Å². The molecule has 2 rings (SSSR count). The zero-order valence-electron chi connectivity index (χ0n) is 9.96. The second-order valence-electron chi connectivity index (χ2n) is 3.88. The van der Waals surface area contributed by atoms with Gasteiger partial charge in [0.05, 0.1) is 5.56 Å². The molecule has 0 saturated carbocycles. The van der Waals surface area contributed by atoms with E-state index in [4.69, 9.17) is 5.11 Å². The predicted molar refractivity (Wildman–Crippen MR) is 67.4 cm³/mol. The third kappa shape index (κ3) is 3.15. The first-order chi connectivity index (χ1) is 9.79. The van der Waals surface area contributed by atoms with E-state index in [1.165, 1.54) is 0 Å². The summed E-state index contributed by atoms with van der Waals surface area (Å²) in [5.74, 6) is -8.74. The number of ether oxygens (including phenoxy) is 1. The Kier molecular flexibility index (Phi) is 4.17. The van der Waals surface area contributed by atoms with Crippen LogP contribution >= 0.6 is 15.9 Å². The molecule has 21 heavy (non-hydrogen) atoms. The highest BCUT2D eigenvalue weighted by Gasteiger charge is 2.19. The van der Waals surface area contributed by atoms with Crippen LogP contribution in [0.1, 0.15) is 10.4 Å². The molecule has 2 aromatic carbocycles. The number of rotatable bonds is 3. The van der Waals surface area contributed by atoms with Gasteiger partial charge in [0.1, 0.15) is 0 Å². The Hall–Kier alpha value is -2.09. The van der Waals surface area contributed by atoms with Gasteiger partial charge in [-0.25, -0.2) is 18.0 Å². The molecule has 8 heteroatoms. The lowest BCUT2D eigenvalue weighted by Crippen LogP contribution is -2.02. The fourth-order valence-corrected chi connectivity index (χ4v) is 1.91. The number of carboxylic acid groups (broad SMARTS) is 1. The summed E-state index contributed by atoms with van der Waals surface area (Å²) < 4.78 is 58.7. The molecule has 1 N–H and O–H groups in total. The Labute approximate surface area is 123 Å². The van der Waals surface area contributed by atoms with Crippen molar-refractivity contribution in [2.45, 2.75) is 0 Å². The zero-order chi connectivity index (χ0) is 15.7. The SMILES string of the molecule is O=C(O)c1cc(F)c(Oc2cc(Br)cc(F)c2F)c(F)c1. The minimum Gasteiger partial charge on any atom is -0.478 e. The molecule has 0 fully saturated rings. The number of halogens is 5. The van der Waals surface area contributed by atoms with Gasteiger partial charge in [0.2, 0.25) is 5.82 Å². The van der Waals surface area contributed by atoms with Crippen molar-refractivity contribution in [1.29, 1.82) is 0 Å². The molecular weight excluding hydrogens is 360 g/mol. The fourth-order valence-electron chi connectivity index (χ4n) is 1.50. The van der Waals surface area contributed by atoms with Crippen LogP contribution in [0, 0.1) is 23.3 Å². The summed E-state index contributed by atoms with van der Waals surface area (Å²) in [6, 6.07) is 2.80. The highest BCUT2D eigenvalue weighted by atomic mass is 79.9. The summed E-state index contributed by atoms with van der Waals surface area (Å²) in [6.07, 6.45) is 0. The van der Waals surface area contributed by atoms with Crippen LogP contribution in [0.2, 0.25) is 0 Å². The van der Waals surface area contributed by atoms with Gasteiger partial charge < -0.3 is 9.84 Å². The second-order valence-corrected chi connectivity index (χ2v) is 4.79. The third-order valence-corrected chi connectivity index (χ3v) is 2.87. The van der Waals surface area contributed by atoms with Crippen LogP contribution in [0.5, 0.6) is 11.5 Å². The Morgan fingerprint density at radius 3 is 2.10 bits per heavy atom. The van der Waals surface area contributed by atoms with Gasteiger partial charge in [-0.2, -0.15) is 4.39 Å². The van der Waals surface area contributed by atoms with Gasteiger partial charge >= 0.3 is 5.97 Å². The van der Waals surface area contributed by atoms with Crippen LogP contribution in [0.25, 0.3) is 0 Å². The number of benzene rings is 2. The molecule has 2 aromatic rings. The van der Waals surface area contributed by atoms with Crippen LogP contribution in [0.15, 0.2) is 28.7 Å². The standard InChI is InChI=1S/C13H5BrF4O3/c14-6-3-7(15)11(18)10(4-6)21-12-8(16)1-5(13(19)20)2-9(12)17/h1-4H,(H,19,20). The number of aromatic carboxylic acids is 1. The molecule has 110 valence electrons. The smallest absolute Gasteiger partial charge is 0.335 e. The van der Waals surface area contributed by atoms with Crippen molar-refractivity contribution in [2.75, 3.05) is 0 Å².